The fourth-order valence-electron chi connectivity index (χ4n) is 2.73. The van der Waals surface area contributed by atoms with E-state index in [1.54, 1.807) is 0 Å². The lowest BCUT2D eigenvalue weighted by molar-refractivity contribution is 0.0999. The molecule has 1 atom stereocenters. The van der Waals surface area contributed by atoms with E-state index in [-0.39, 0.29) is 16.4 Å². The molecule has 10 heteroatoms. The molecule has 0 aliphatic carbocycles. The van der Waals surface area contributed by atoms with E-state index in [1.807, 2.05) is 0 Å². The molecule has 2 aromatic heterocycles. The molecule has 142 valence electrons. The monoisotopic (exact) mass is 399 g/mol. The van der Waals surface area contributed by atoms with Gasteiger partial charge in [0.1, 0.15) is 17.9 Å². The summed E-state index contributed by atoms with van der Waals surface area (Å²) in [4.78, 5) is 20.5. The van der Waals surface area contributed by atoms with Gasteiger partial charge in [0, 0.05) is 22.9 Å². The van der Waals surface area contributed by atoms with Crippen molar-refractivity contribution < 1.29 is 19.0 Å². The number of rotatable bonds is 2. The minimum absolute atomic E-state index is 0.0450. The molecule has 1 unspecified atom stereocenters. The third-order valence-corrected chi connectivity index (χ3v) is 5.27. The van der Waals surface area contributed by atoms with Gasteiger partial charge < -0.3 is 15.6 Å². The van der Waals surface area contributed by atoms with E-state index in [1.165, 1.54) is 36.7 Å². The van der Waals surface area contributed by atoms with Gasteiger partial charge in [0.05, 0.1) is 17.9 Å². The van der Waals surface area contributed by atoms with Crippen molar-refractivity contribution in [3.05, 3.63) is 45.5 Å². The van der Waals surface area contributed by atoms with E-state index in [2.05, 4.69) is 32.0 Å². The molecule has 4 N–H and O–H groups in total. The number of aromatic nitrogens is 4. The van der Waals surface area contributed by atoms with Gasteiger partial charge in [-0.25, -0.2) is 14.4 Å². The van der Waals surface area contributed by atoms with Crippen LogP contribution < -0.4 is 10.5 Å². The van der Waals surface area contributed by atoms with E-state index in [9.17, 15) is 14.3 Å². The number of nitrogens with zero attached hydrogens (tertiary/aromatic N) is 3. The van der Waals surface area contributed by atoms with E-state index in [4.69, 9.17) is 10.5 Å². The fraction of sp³-hybridized carbons (Fsp3) is 0.222. The number of nitrogens with two attached hydrogens (primary N) is 1. The number of carbonyl (C=O) groups is 1. The van der Waals surface area contributed by atoms with Crippen LogP contribution in [0.4, 0.5) is 4.39 Å². The largest absolute Gasteiger partial charge is 0.492 e. The summed E-state index contributed by atoms with van der Waals surface area (Å²) in [6.07, 6.45) is 1.77. The third kappa shape index (κ3) is 3.21. The van der Waals surface area contributed by atoms with Crippen molar-refractivity contribution in [2.75, 3.05) is 6.61 Å². The zero-order valence-corrected chi connectivity index (χ0v) is 15.4. The number of H-pyrrole nitrogens is 1. The average Bonchev–Trinajstić information content (AvgIpc) is 3.29. The van der Waals surface area contributed by atoms with Gasteiger partial charge in [0.15, 0.2) is 16.4 Å². The van der Waals surface area contributed by atoms with Crippen LogP contribution in [0.5, 0.6) is 5.75 Å². The Balaban J connectivity index is 1.80. The van der Waals surface area contributed by atoms with Crippen LogP contribution in [0.15, 0.2) is 18.5 Å². The Hall–Kier alpha value is -3.29. The normalized spacial score (nSPS) is 14.5. The number of benzene rings is 1. The highest BCUT2D eigenvalue weighted by atomic mass is 32.1. The summed E-state index contributed by atoms with van der Waals surface area (Å²) in [6, 6.07) is 2.71. The van der Waals surface area contributed by atoms with Gasteiger partial charge in [-0.15, -0.1) is 11.3 Å². The molecular formula is C18H14FN5O3S. The summed E-state index contributed by atoms with van der Waals surface area (Å²) in [5.74, 6) is 4.46. The Kier molecular flexibility index (Phi) is 4.33. The van der Waals surface area contributed by atoms with Crippen molar-refractivity contribution in [1.82, 2.24) is 20.2 Å². The quantitative estimate of drug-likeness (QED) is 0.559. The van der Waals surface area contributed by atoms with E-state index in [0.717, 1.165) is 4.88 Å². The minimum Gasteiger partial charge on any atom is -0.492 e. The summed E-state index contributed by atoms with van der Waals surface area (Å²) in [7, 11) is 0. The van der Waals surface area contributed by atoms with Crippen LogP contribution in [-0.2, 0) is 12.0 Å². The lowest BCUT2D eigenvalue weighted by atomic mass is 10.0. The van der Waals surface area contributed by atoms with Crippen LogP contribution >= 0.6 is 11.3 Å². The molecule has 1 amide bonds. The molecule has 0 saturated carbocycles. The second-order valence-corrected chi connectivity index (χ2v) is 7.32. The summed E-state index contributed by atoms with van der Waals surface area (Å²) >= 11 is 1.19. The highest BCUT2D eigenvalue weighted by Gasteiger charge is 2.25. The van der Waals surface area contributed by atoms with Crippen molar-refractivity contribution in [1.29, 1.82) is 0 Å². The van der Waals surface area contributed by atoms with Gasteiger partial charge in [0.2, 0.25) is 0 Å². The Morgan fingerprint density at radius 3 is 3.04 bits per heavy atom. The van der Waals surface area contributed by atoms with Gasteiger partial charge in [-0.3, -0.25) is 9.89 Å². The van der Waals surface area contributed by atoms with Gasteiger partial charge in [0.25, 0.3) is 5.91 Å². The fourth-order valence-corrected chi connectivity index (χ4v) is 3.64. The van der Waals surface area contributed by atoms with E-state index < -0.39 is 17.3 Å². The molecule has 0 bridgehead atoms. The predicted octanol–water partition coefficient (Wildman–Crippen LogP) is 1.36. The molecule has 3 heterocycles. The Morgan fingerprint density at radius 2 is 2.32 bits per heavy atom. The first-order valence-electron chi connectivity index (χ1n) is 8.23. The second kappa shape index (κ2) is 6.70. The zero-order valence-electron chi connectivity index (χ0n) is 14.6. The molecule has 1 aromatic carbocycles. The number of thiazole rings is 1. The van der Waals surface area contributed by atoms with Gasteiger partial charge in [-0.2, -0.15) is 5.10 Å². The van der Waals surface area contributed by atoms with Crippen molar-refractivity contribution >= 4 is 17.2 Å². The standard InChI is InChI=1S/C18H14FN5O3S/c1-18(26,17-21-8-22-24-17)4-2-9-6-10-12(7-11(9)19)27-5-3-13-14(10)23-16(28-13)15(20)25/h6-8,26H,3,5H2,1H3,(H2,20,25)(H,21,22,24). The molecule has 4 rings (SSSR count). The number of aliphatic hydroxyl groups is 1. The minimum atomic E-state index is -1.64. The highest BCUT2D eigenvalue weighted by Crippen LogP contribution is 2.38. The van der Waals surface area contributed by atoms with Crippen LogP contribution in [0.2, 0.25) is 0 Å². The molecule has 0 fully saturated rings. The summed E-state index contributed by atoms with van der Waals surface area (Å²) in [5, 5.41) is 16.8. The van der Waals surface area contributed by atoms with Gasteiger partial charge >= 0.3 is 0 Å². The molecule has 1 aliphatic rings. The zero-order chi connectivity index (χ0) is 19.9. The van der Waals surface area contributed by atoms with Gasteiger partial charge in [-0.1, -0.05) is 11.8 Å². The molecule has 0 saturated heterocycles. The maximum absolute atomic E-state index is 14.5. The number of carbonyl (C=O) groups excluding carboxylic acids is 1. The molecule has 28 heavy (non-hydrogen) atoms. The first-order chi connectivity index (χ1) is 13.3. The van der Waals surface area contributed by atoms with Crippen molar-refractivity contribution in [2.45, 2.75) is 18.9 Å². The molecular weight excluding hydrogens is 385 g/mol. The number of hydrogen-bond donors (Lipinski definition) is 3. The number of amides is 1. The average molecular weight is 399 g/mol. The number of primary amides is 1. The number of halogens is 1. The molecule has 0 radical (unpaired) electrons. The lowest BCUT2D eigenvalue weighted by Gasteiger charge is -2.12. The lowest BCUT2D eigenvalue weighted by Crippen LogP contribution is -2.20. The van der Waals surface area contributed by atoms with Crippen molar-refractivity contribution in [2.24, 2.45) is 5.73 Å². The number of nitrogens with one attached hydrogen (secondary N) is 1. The maximum atomic E-state index is 14.5. The van der Waals surface area contributed by atoms with Crippen molar-refractivity contribution in [3.63, 3.8) is 0 Å². The number of aromatic amines is 1. The third-order valence-electron chi connectivity index (χ3n) is 4.14. The van der Waals surface area contributed by atoms with E-state index in [0.29, 0.717) is 30.0 Å². The SMILES string of the molecule is CC(O)(C#Cc1cc2c(cc1F)OCCc1sc(C(N)=O)nc1-2)c1ncn[nH]1. The van der Waals surface area contributed by atoms with Crippen LogP contribution in [-0.4, -0.2) is 37.8 Å². The Labute approximate surface area is 162 Å². The summed E-state index contributed by atoms with van der Waals surface area (Å²) < 4.78 is 20.2. The second-order valence-electron chi connectivity index (χ2n) is 6.24. The topological polar surface area (TPSA) is 127 Å². The van der Waals surface area contributed by atoms with Gasteiger partial charge in [-0.05, 0) is 13.0 Å². The Bertz CT molecular complexity index is 1130. The summed E-state index contributed by atoms with van der Waals surface area (Å²) in [6.45, 7) is 1.74. The smallest absolute Gasteiger partial charge is 0.277 e. The van der Waals surface area contributed by atoms with E-state index >= 15 is 0 Å². The van der Waals surface area contributed by atoms with Crippen LogP contribution in [0.1, 0.15) is 33.0 Å². The first kappa shape index (κ1) is 18.1. The number of ether oxygens (including phenoxy) is 1. The molecule has 3 aromatic rings. The maximum Gasteiger partial charge on any atom is 0.277 e. The summed E-state index contributed by atoms with van der Waals surface area (Å²) in [5.41, 5.74) is 4.78. The predicted molar refractivity (Wildman–Crippen MR) is 98.1 cm³/mol. The van der Waals surface area contributed by atoms with Crippen LogP contribution in [0.3, 0.4) is 0 Å². The van der Waals surface area contributed by atoms with Crippen molar-refractivity contribution in [3.8, 4) is 28.8 Å². The first-order valence-corrected chi connectivity index (χ1v) is 9.04. The Morgan fingerprint density at radius 1 is 1.50 bits per heavy atom. The molecule has 0 spiro atoms. The number of hydrogen-bond acceptors (Lipinski definition) is 7. The molecule has 8 nitrogen and oxygen atoms in total. The molecule has 1 aliphatic heterocycles. The van der Waals surface area contributed by atoms with Crippen LogP contribution in [0.25, 0.3) is 11.3 Å². The highest BCUT2D eigenvalue weighted by molar-refractivity contribution is 7.14. The number of fused-ring (bicyclic) bond motifs is 3. The van der Waals surface area contributed by atoms with Crippen LogP contribution in [0, 0.1) is 17.7 Å².